The molecule has 1 saturated heterocycles. The van der Waals surface area contributed by atoms with Gasteiger partial charge in [-0.05, 0) is 31.9 Å². The summed E-state index contributed by atoms with van der Waals surface area (Å²) in [6.07, 6.45) is 1.42. The molecule has 1 aliphatic heterocycles. The largest absolute Gasteiger partial charge is 0.469 e. The Morgan fingerprint density at radius 1 is 1.26 bits per heavy atom. The molecule has 0 radical (unpaired) electrons. The summed E-state index contributed by atoms with van der Waals surface area (Å²) in [5, 5.41) is 3.20. The maximum Gasteiger partial charge on any atom is 0.308 e. The van der Waals surface area contributed by atoms with Gasteiger partial charge in [-0.15, -0.1) is 24.0 Å². The SMILES string of the molecule is CCNC(=NCCS(=O)(=O)c1ccccc1)N1CCC(C(=O)OC)CC1.I. The Morgan fingerprint density at radius 2 is 1.89 bits per heavy atom. The molecule has 0 amide bonds. The first-order valence-electron chi connectivity index (χ1n) is 8.87. The molecule has 1 N–H and O–H groups in total. The molecule has 1 aromatic rings. The first kappa shape index (κ1) is 23.7. The molecule has 1 fully saturated rings. The lowest BCUT2D eigenvalue weighted by atomic mass is 9.97. The number of methoxy groups -OCH3 is 1. The van der Waals surface area contributed by atoms with Gasteiger partial charge in [0.05, 0.1) is 30.2 Å². The molecule has 152 valence electrons. The predicted molar refractivity (Wildman–Crippen MR) is 116 cm³/mol. The van der Waals surface area contributed by atoms with E-state index in [-0.39, 0.29) is 48.2 Å². The van der Waals surface area contributed by atoms with E-state index in [1.807, 2.05) is 6.92 Å². The smallest absolute Gasteiger partial charge is 0.308 e. The van der Waals surface area contributed by atoms with Crippen LogP contribution in [0.4, 0.5) is 0 Å². The van der Waals surface area contributed by atoms with Gasteiger partial charge >= 0.3 is 5.97 Å². The number of aliphatic imine (C=N–C) groups is 1. The highest BCUT2D eigenvalue weighted by Crippen LogP contribution is 2.18. The van der Waals surface area contributed by atoms with E-state index in [9.17, 15) is 13.2 Å². The monoisotopic (exact) mass is 509 g/mol. The summed E-state index contributed by atoms with van der Waals surface area (Å²) in [6, 6.07) is 8.42. The Hall–Kier alpha value is -1.36. The van der Waals surface area contributed by atoms with E-state index in [1.54, 1.807) is 30.3 Å². The Kier molecular flexibility index (Phi) is 10.1. The van der Waals surface area contributed by atoms with Crippen molar-refractivity contribution >= 4 is 45.7 Å². The zero-order valence-corrected chi connectivity index (χ0v) is 18.9. The first-order chi connectivity index (χ1) is 12.5. The third-order valence-electron chi connectivity index (χ3n) is 4.39. The van der Waals surface area contributed by atoms with Crippen molar-refractivity contribution in [1.82, 2.24) is 10.2 Å². The van der Waals surface area contributed by atoms with E-state index in [1.165, 1.54) is 7.11 Å². The molecule has 0 unspecified atom stereocenters. The van der Waals surface area contributed by atoms with Crippen LogP contribution in [0.1, 0.15) is 19.8 Å². The molecular weight excluding hydrogens is 481 g/mol. The van der Waals surface area contributed by atoms with Gasteiger partial charge in [-0.2, -0.15) is 0 Å². The average Bonchev–Trinajstić information content (AvgIpc) is 2.67. The minimum absolute atomic E-state index is 0. The fourth-order valence-corrected chi connectivity index (χ4v) is 4.08. The predicted octanol–water partition coefficient (Wildman–Crippen LogP) is 1.93. The van der Waals surface area contributed by atoms with Crippen molar-refractivity contribution in [3.05, 3.63) is 30.3 Å². The number of esters is 1. The van der Waals surface area contributed by atoms with Crippen molar-refractivity contribution in [2.75, 3.05) is 39.0 Å². The number of halogens is 1. The number of piperidine rings is 1. The third kappa shape index (κ3) is 6.95. The third-order valence-corrected chi connectivity index (χ3v) is 6.10. The highest BCUT2D eigenvalue weighted by molar-refractivity contribution is 14.0. The summed E-state index contributed by atoms with van der Waals surface area (Å²) in [4.78, 5) is 18.5. The zero-order chi connectivity index (χ0) is 19.0. The quantitative estimate of drug-likeness (QED) is 0.273. The van der Waals surface area contributed by atoms with Crippen LogP contribution in [0.15, 0.2) is 40.2 Å². The molecule has 0 spiro atoms. The van der Waals surface area contributed by atoms with Gasteiger partial charge in [0.1, 0.15) is 0 Å². The van der Waals surface area contributed by atoms with Crippen molar-refractivity contribution in [3.8, 4) is 0 Å². The molecule has 0 bridgehead atoms. The molecule has 0 saturated carbocycles. The molecular formula is C18H28IN3O4S. The number of likely N-dealkylation sites (tertiary alicyclic amines) is 1. The van der Waals surface area contributed by atoms with Gasteiger partial charge in [0.2, 0.25) is 0 Å². The lowest BCUT2D eigenvalue weighted by molar-refractivity contribution is -0.146. The van der Waals surface area contributed by atoms with E-state index in [0.29, 0.717) is 43.3 Å². The van der Waals surface area contributed by atoms with Crippen LogP contribution in [-0.4, -0.2) is 64.3 Å². The van der Waals surface area contributed by atoms with Crippen molar-refractivity contribution in [2.24, 2.45) is 10.9 Å². The van der Waals surface area contributed by atoms with E-state index in [2.05, 4.69) is 15.2 Å². The molecule has 27 heavy (non-hydrogen) atoms. The molecule has 1 heterocycles. The number of rotatable bonds is 6. The molecule has 9 heteroatoms. The molecule has 2 rings (SSSR count). The fourth-order valence-electron chi connectivity index (χ4n) is 2.94. The number of guanidine groups is 1. The number of carbonyl (C=O) groups excluding carboxylic acids is 1. The highest BCUT2D eigenvalue weighted by Gasteiger charge is 2.27. The molecule has 1 aliphatic rings. The number of benzene rings is 1. The topological polar surface area (TPSA) is 88.1 Å². The van der Waals surface area contributed by atoms with Gasteiger partial charge in [-0.1, -0.05) is 18.2 Å². The molecule has 1 aromatic carbocycles. The van der Waals surface area contributed by atoms with Crippen LogP contribution >= 0.6 is 24.0 Å². The number of carbonyl (C=O) groups is 1. The number of hydrogen-bond donors (Lipinski definition) is 1. The lowest BCUT2D eigenvalue weighted by Crippen LogP contribution is -2.46. The van der Waals surface area contributed by atoms with E-state index in [0.717, 1.165) is 0 Å². The van der Waals surface area contributed by atoms with E-state index < -0.39 is 9.84 Å². The number of hydrogen-bond acceptors (Lipinski definition) is 5. The van der Waals surface area contributed by atoms with Crippen LogP contribution in [-0.2, 0) is 19.4 Å². The van der Waals surface area contributed by atoms with Crippen molar-refractivity contribution in [2.45, 2.75) is 24.7 Å². The summed E-state index contributed by atoms with van der Waals surface area (Å²) in [7, 11) is -1.93. The Bertz CT molecular complexity index is 717. The number of nitrogens with zero attached hydrogens (tertiary/aromatic N) is 2. The molecule has 0 aliphatic carbocycles. The van der Waals surface area contributed by atoms with Crippen LogP contribution < -0.4 is 5.32 Å². The Labute approximate surface area is 178 Å². The number of nitrogens with one attached hydrogen (secondary N) is 1. The van der Waals surface area contributed by atoms with Crippen molar-refractivity contribution in [1.29, 1.82) is 0 Å². The van der Waals surface area contributed by atoms with Crippen LogP contribution in [0.5, 0.6) is 0 Å². The summed E-state index contributed by atoms with van der Waals surface area (Å²) in [5.41, 5.74) is 0. The van der Waals surface area contributed by atoms with Crippen LogP contribution in [0, 0.1) is 5.92 Å². The van der Waals surface area contributed by atoms with Gasteiger partial charge in [0.25, 0.3) is 0 Å². The molecule has 0 aromatic heterocycles. The normalized spacial score (nSPS) is 15.8. The summed E-state index contributed by atoms with van der Waals surface area (Å²) >= 11 is 0. The first-order valence-corrected chi connectivity index (χ1v) is 10.5. The fraction of sp³-hybridized carbons (Fsp3) is 0.556. The second-order valence-corrected chi connectivity index (χ2v) is 8.26. The minimum atomic E-state index is -3.34. The summed E-state index contributed by atoms with van der Waals surface area (Å²) in [6.45, 7) is 4.24. The second-order valence-electron chi connectivity index (χ2n) is 6.15. The second kappa shape index (κ2) is 11.5. The number of ether oxygens (including phenoxy) is 1. The molecule has 0 atom stereocenters. The van der Waals surface area contributed by atoms with E-state index in [4.69, 9.17) is 4.74 Å². The Morgan fingerprint density at radius 3 is 2.44 bits per heavy atom. The maximum atomic E-state index is 12.3. The standard InChI is InChI=1S/C18H27N3O4S.HI/c1-3-19-18(21-12-9-15(10-13-21)17(22)25-2)20-11-14-26(23,24)16-7-5-4-6-8-16;/h4-8,15H,3,9-14H2,1-2H3,(H,19,20);1H. The minimum Gasteiger partial charge on any atom is -0.469 e. The van der Waals surface area contributed by atoms with E-state index >= 15 is 0 Å². The molecule has 7 nitrogen and oxygen atoms in total. The van der Waals surface area contributed by atoms with Gasteiger partial charge in [0.15, 0.2) is 15.8 Å². The number of sulfone groups is 1. The average molecular weight is 509 g/mol. The van der Waals surface area contributed by atoms with Crippen LogP contribution in [0.25, 0.3) is 0 Å². The lowest BCUT2D eigenvalue weighted by Gasteiger charge is -2.33. The highest BCUT2D eigenvalue weighted by atomic mass is 127. The van der Waals surface area contributed by atoms with Gasteiger partial charge in [0, 0.05) is 19.6 Å². The van der Waals surface area contributed by atoms with Gasteiger partial charge < -0.3 is 15.0 Å². The van der Waals surface area contributed by atoms with Gasteiger partial charge in [-0.25, -0.2) is 8.42 Å². The summed E-state index contributed by atoms with van der Waals surface area (Å²) in [5.74, 6) is 0.419. The van der Waals surface area contributed by atoms with Gasteiger partial charge in [-0.3, -0.25) is 9.79 Å². The van der Waals surface area contributed by atoms with Crippen LogP contribution in [0.3, 0.4) is 0 Å². The summed E-state index contributed by atoms with van der Waals surface area (Å²) < 4.78 is 29.5. The van der Waals surface area contributed by atoms with Crippen LogP contribution in [0.2, 0.25) is 0 Å². The maximum absolute atomic E-state index is 12.3. The van der Waals surface area contributed by atoms with Crippen molar-refractivity contribution in [3.63, 3.8) is 0 Å². The Balaban J connectivity index is 0.00000364. The van der Waals surface area contributed by atoms with Crippen molar-refractivity contribution < 1.29 is 17.9 Å². The zero-order valence-electron chi connectivity index (χ0n) is 15.8.